The molecule has 0 radical (unpaired) electrons. The number of benzene rings is 2. The summed E-state index contributed by atoms with van der Waals surface area (Å²) in [5.41, 5.74) is 2.97. The van der Waals surface area contributed by atoms with E-state index < -0.39 is 0 Å². The van der Waals surface area contributed by atoms with Crippen molar-refractivity contribution >= 4 is 6.21 Å². The predicted octanol–water partition coefficient (Wildman–Crippen LogP) is 3.87. The van der Waals surface area contributed by atoms with E-state index in [9.17, 15) is 0 Å². The second kappa shape index (κ2) is 8.84. The number of hydrogen-bond donors (Lipinski definition) is 0. The molecule has 27 heavy (non-hydrogen) atoms. The Morgan fingerprint density at radius 2 is 1.81 bits per heavy atom. The first kappa shape index (κ1) is 18.4. The van der Waals surface area contributed by atoms with Crippen molar-refractivity contribution in [3.63, 3.8) is 0 Å². The van der Waals surface area contributed by atoms with Gasteiger partial charge in [0.15, 0.2) is 18.1 Å². The Balaban J connectivity index is 1.57. The molecule has 0 bridgehead atoms. The summed E-state index contributed by atoms with van der Waals surface area (Å²) in [5.74, 6) is 2.16. The molecule has 0 N–H and O–H groups in total. The molecule has 0 unspecified atom stereocenters. The van der Waals surface area contributed by atoms with Gasteiger partial charge >= 0.3 is 0 Å². The largest absolute Gasteiger partial charge is 0.493 e. The van der Waals surface area contributed by atoms with Gasteiger partial charge < -0.3 is 18.8 Å². The van der Waals surface area contributed by atoms with Gasteiger partial charge in [0.1, 0.15) is 0 Å². The second-order valence-electron chi connectivity index (χ2n) is 5.68. The minimum absolute atomic E-state index is 0.0871. The van der Waals surface area contributed by atoms with Crippen LogP contribution in [0.1, 0.15) is 23.9 Å². The first-order chi connectivity index (χ1) is 13.2. The average molecular weight is 367 g/mol. The zero-order valence-corrected chi connectivity index (χ0v) is 15.5. The molecule has 7 nitrogen and oxygen atoms in total. The fourth-order valence-corrected chi connectivity index (χ4v) is 2.44. The minimum Gasteiger partial charge on any atom is -0.493 e. The van der Waals surface area contributed by atoms with Gasteiger partial charge in [-0.2, -0.15) is 4.98 Å². The maximum atomic E-state index is 5.25. The van der Waals surface area contributed by atoms with E-state index in [2.05, 4.69) is 34.4 Å². The van der Waals surface area contributed by atoms with E-state index >= 15 is 0 Å². The molecular formula is C20H21N3O4. The van der Waals surface area contributed by atoms with Gasteiger partial charge in [-0.25, -0.2) is 0 Å². The Morgan fingerprint density at radius 3 is 2.52 bits per heavy atom. The van der Waals surface area contributed by atoms with Gasteiger partial charge in [0.05, 0.1) is 20.4 Å². The predicted molar refractivity (Wildman–Crippen MR) is 101 cm³/mol. The van der Waals surface area contributed by atoms with Crippen LogP contribution < -0.4 is 9.47 Å². The number of nitrogens with zero attached hydrogens (tertiary/aromatic N) is 3. The summed E-state index contributed by atoms with van der Waals surface area (Å²) in [6.45, 7) is 2.20. The fraction of sp³-hybridized carbons (Fsp3) is 0.250. The molecule has 1 aromatic heterocycles. The Kier molecular flexibility index (Phi) is 6.04. The topological polar surface area (TPSA) is 79.0 Å². The Labute approximate surface area is 157 Å². The summed E-state index contributed by atoms with van der Waals surface area (Å²) in [4.78, 5) is 9.56. The molecule has 0 aliphatic carbocycles. The zero-order valence-electron chi connectivity index (χ0n) is 15.5. The number of ether oxygens (including phenoxy) is 2. The van der Waals surface area contributed by atoms with Gasteiger partial charge in [-0.05, 0) is 30.2 Å². The first-order valence-corrected chi connectivity index (χ1v) is 8.52. The second-order valence-corrected chi connectivity index (χ2v) is 5.68. The van der Waals surface area contributed by atoms with Crippen molar-refractivity contribution in [2.45, 2.75) is 20.0 Å². The van der Waals surface area contributed by atoms with Crippen LogP contribution in [0.5, 0.6) is 11.5 Å². The lowest BCUT2D eigenvalue weighted by atomic mass is 10.1. The molecule has 0 aliphatic heterocycles. The highest BCUT2D eigenvalue weighted by molar-refractivity contribution is 5.80. The summed E-state index contributed by atoms with van der Waals surface area (Å²) in [6.07, 6.45) is 2.56. The molecular weight excluding hydrogens is 346 g/mol. The maximum absolute atomic E-state index is 5.25. The van der Waals surface area contributed by atoms with Crippen molar-refractivity contribution < 1.29 is 18.8 Å². The molecule has 0 aliphatic rings. The Hall–Kier alpha value is -3.35. The van der Waals surface area contributed by atoms with Gasteiger partial charge in [-0.15, -0.1) is 0 Å². The highest BCUT2D eigenvalue weighted by Gasteiger charge is 2.09. The molecule has 3 aromatic rings. The van der Waals surface area contributed by atoms with E-state index in [1.165, 1.54) is 5.56 Å². The molecule has 140 valence electrons. The molecule has 7 heteroatoms. The van der Waals surface area contributed by atoms with Gasteiger partial charge in [0.25, 0.3) is 5.89 Å². The van der Waals surface area contributed by atoms with E-state index in [0.717, 1.165) is 17.5 Å². The highest BCUT2D eigenvalue weighted by atomic mass is 16.6. The molecule has 0 spiro atoms. The maximum Gasteiger partial charge on any atom is 0.267 e. The molecule has 0 saturated carbocycles. The van der Waals surface area contributed by atoms with E-state index in [1.54, 1.807) is 32.6 Å². The monoisotopic (exact) mass is 367 g/mol. The zero-order chi connectivity index (χ0) is 19.1. The summed E-state index contributed by atoms with van der Waals surface area (Å²) in [7, 11) is 3.17. The van der Waals surface area contributed by atoms with Crippen molar-refractivity contribution in [1.82, 2.24) is 10.1 Å². The van der Waals surface area contributed by atoms with Crippen molar-refractivity contribution in [3.05, 3.63) is 59.5 Å². The Bertz CT molecular complexity index is 904. The summed E-state index contributed by atoms with van der Waals surface area (Å²) < 4.78 is 15.6. The van der Waals surface area contributed by atoms with Crippen LogP contribution >= 0.6 is 0 Å². The average Bonchev–Trinajstić information content (AvgIpc) is 3.20. The molecule has 3 rings (SSSR count). The quantitative estimate of drug-likeness (QED) is 0.444. The van der Waals surface area contributed by atoms with E-state index in [4.69, 9.17) is 18.8 Å². The first-order valence-electron chi connectivity index (χ1n) is 8.52. The number of hydrogen-bond acceptors (Lipinski definition) is 7. The van der Waals surface area contributed by atoms with Crippen molar-refractivity contribution in [1.29, 1.82) is 0 Å². The van der Waals surface area contributed by atoms with Gasteiger partial charge in [-0.3, -0.25) is 0 Å². The van der Waals surface area contributed by atoms with Crippen LogP contribution in [0.2, 0.25) is 0 Å². The van der Waals surface area contributed by atoms with Gasteiger partial charge in [0, 0.05) is 11.1 Å². The molecule has 1 heterocycles. The standard InChI is InChI=1S/C20H21N3O4/c1-4-14-5-8-16(9-6-14)20-22-19(27-23-20)13-26-21-12-15-7-10-17(24-2)18(11-15)25-3/h5-12H,4,13H2,1-3H3/b21-12-. The normalized spacial score (nSPS) is 10.9. The number of rotatable bonds is 8. The fourth-order valence-electron chi connectivity index (χ4n) is 2.44. The Morgan fingerprint density at radius 1 is 1.04 bits per heavy atom. The molecule has 0 amide bonds. The van der Waals surface area contributed by atoms with Crippen LogP contribution in [-0.4, -0.2) is 30.6 Å². The van der Waals surface area contributed by atoms with Gasteiger partial charge in [0.2, 0.25) is 5.82 Å². The van der Waals surface area contributed by atoms with Crippen LogP contribution in [0, 0.1) is 0 Å². The lowest BCUT2D eigenvalue weighted by molar-refractivity contribution is 0.107. The van der Waals surface area contributed by atoms with Crippen LogP contribution in [0.15, 0.2) is 52.1 Å². The lowest BCUT2D eigenvalue weighted by Crippen LogP contribution is -1.93. The van der Waals surface area contributed by atoms with E-state index in [1.807, 2.05) is 18.2 Å². The van der Waals surface area contributed by atoms with Crippen LogP contribution in [0.25, 0.3) is 11.4 Å². The number of methoxy groups -OCH3 is 2. The molecule has 0 fully saturated rings. The van der Waals surface area contributed by atoms with Crippen LogP contribution in [0.4, 0.5) is 0 Å². The number of aromatic nitrogens is 2. The van der Waals surface area contributed by atoms with Crippen molar-refractivity contribution in [2.75, 3.05) is 14.2 Å². The van der Waals surface area contributed by atoms with Crippen LogP contribution in [-0.2, 0) is 17.9 Å². The van der Waals surface area contributed by atoms with E-state index in [0.29, 0.717) is 23.2 Å². The van der Waals surface area contributed by atoms with Crippen molar-refractivity contribution in [3.8, 4) is 22.9 Å². The molecule has 2 aromatic carbocycles. The molecule has 0 saturated heterocycles. The van der Waals surface area contributed by atoms with Crippen LogP contribution in [0.3, 0.4) is 0 Å². The SMILES string of the molecule is CCc1ccc(-c2noc(CO/N=C\c3ccc(OC)c(OC)c3)n2)cc1. The minimum atomic E-state index is 0.0871. The van der Waals surface area contributed by atoms with Crippen molar-refractivity contribution in [2.24, 2.45) is 5.16 Å². The molecule has 0 atom stereocenters. The summed E-state index contributed by atoms with van der Waals surface area (Å²) in [5, 5.41) is 7.90. The third kappa shape index (κ3) is 4.63. The number of aryl methyl sites for hydroxylation is 1. The lowest BCUT2D eigenvalue weighted by Gasteiger charge is -2.07. The third-order valence-electron chi connectivity index (χ3n) is 3.96. The summed E-state index contributed by atoms with van der Waals surface area (Å²) >= 11 is 0. The third-order valence-corrected chi connectivity index (χ3v) is 3.96. The number of oxime groups is 1. The smallest absolute Gasteiger partial charge is 0.267 e. The van der Waals surface area contributed by atoms with Gasteiger partial charge in [-0.1, -0.05) is 41.5 Å². The highest BCUT2D eigenvalue weighted by Crippen LogP contribution is 2.26. The summed E-state index contributed by atoms with van der Waals surface area (Å²) in [6, 6.07) is 13.5. The van der Waals surface area contributed by atoms with E-state index in [-0.39, 0.29) is 6.61 Å².